The quantitative estimate of drug-likeness (QED) is 0.649. The average Bonchev–Trinajstić information content (AvgIpc) is 2.81. The van der Waals surface area contributed by atoms with Gasteiger partial charge in [0, 0.05) is 25.6 Å². The monoisotopic (exact) mass is 303 g/mol. The van der Waals surface area contributed by atoms with Gasteiger partial charge in [0.25, 0.3) is 0 Å². The summed E-state index contributed by atoms with van der Waals surface area (Å²) < 4.78 is 0. The van der Waals surface area contributed by atoms with Crippen molar-refractivity contribution in [2.45, 2.75) is 51.0 Å². The summed E-state index contributed by atoms with van der Waals surface area (Å²) in [6.07, 6.45) is 5.36. The van der Waals surface area contributed by atoms with Gasteiger partial charge in [0.1, 0.15) is 0 Å². The fourth-order valence-corrected chi connectivity index (χ4v) is 3.06. The van der Waals surface area contributed by atoms with Crippen LogP contribution in [0.25, 0.3) is 0 Å². The number of nitrogens with zero attached hydrogens (tertiary/aromatic N) is 2. The summed E-state index contributed by atoms with van der Waals surface area (Å²) in [7, 11) is 0. The lowest BCUT2D eigenvalue weighted by Crippen LogP contribution is -2.38. The van der Waals surface area contributed by atoms with Crippen LogP contribution in [0, 0.1) is 0 Å². The molecule has 2 unspecified atom stereocenters. The lowest BCUT2D eigenvalue weighted by Gasteiger charge is -2.23. The molecule has 0 radical (unpaired) electrons. The van der Waals surface area contributed by atoms with Crippen LogP contribution in [-0.4, -0.2) is 41.7 Å². The van der Waals surface area contributed by atoms with Gasteiger partial charge in [-0.05, 0) is 31.7 Å². The third-order valence-corrected chi connectivity index (χ3v) is 4.30. The molecule has 0 spiro atoms. The number of hydrogen-bond acceptors (Lipinski definition) is 2. The van der Waals surface area contributed by atoms with Crippen molar-refractivity contribution in [2.24, 2.45) is 10.7 Å². The van der Waals surface area contributed by atoms with Crippen LogP contribution in [0.3, 0.4) is 0 Å². The predicted molar refractivity (Wildman–Crippen MR) is 92.0 cm³/mol. The van der Waals surface area contributed by atoms with Crippen molar-refractivity contribution in [1.82, 2.24) is 4.90 Å². The standard InChI is InChI=1S/C18H29N3O/c1-15(22)13-17(16-9-5-4-6-10-16)14-20-18(19)21-11-7-2-3-8-12-21/h4-6,9-10,15,17,22H,2-3,7-8,11-14H2,1H3,(H2,19,20). The highest BCUT2D eigenvalue weighted by molar-refractivity contribution is 5.78. The lowest BCUT2D eigenvalue weighted by atomic mass is 9.93. The Morgan fingerprint density at radius 1 is 1.18 bits per heavy atom. The van der Waals surface area contributed by atoms with Crippen molar-refractivity contribution in [2.75, 3.05) is 19.6 Å². The maximum absolute atomic E-state index is 9.75. The first kappa shape index (κ1) is 16.8. The molecule has 0 bridgehead atoms. The van der Waals surface area contributed by atoms with Crippen LogP contribution in [0.5, 0.6) is 0 Å². The molecule has 1 aliphatic heterocycles. The van der Waals surface area contributed by atoms with Gasteiger partial charge < -0.3 is 15.7 Å². The molecular weight excluding hydrogens is 274 g/mol. The van der Waals surface area contributed by atoms with E-state index in [0.29, 0.717) is 18.9 Å². The summed E-state index contributed by atoms with van der Waals surface area (Å²) in [4.78, 5) is 6.83. The van der Waals surface area contributed by atoms with E-state index >= 15 is 0 Å². The van der Waals surface area contributed by atoms with E-state index in [0.717, 1.165) is 13.1 Å². The molecule has 2 atom stereocenters. The summed E-state index contributed by atoms with van der Waals surface area (Å²) in [5, 5.41) is 9.75. The van der Waals surface area contributed by atoms with Gasteiger partial charge in [-0.3, -0.25) is 4.99 Å². The van der Waals surface area contributed by atoms with Gasteiger partial charge in [-0.15, -0.1) is 0 Å². The topological polar surface area (TPSA) is 61.9 Å². The maximum atomic E-state index is 9.75. The number of aliphatic hydroxyl groups is 1. The van der Waals surface area contributed by atoms with Gasteiger partial charge in [-0.1, -0.05) is 43.2 Å². The number of aliphatic hydroxyl groups excluding tert-OH is 1. The second kappa shape index (κ2) is 8.79. The predicted octanol–water partition coefficient (Wildman–Crippen LogP) is 2.73. The highest BCUT2D eigenvalue weighted by Crippen LogP contribution is 2.22. The minimum absolute atomic E-state index is 0.215. The molecule has 1 heterocycles. The number of likely N-dealkylation sites (tertiary alicyclic amines) is 1. The van der Waals surface area contributed by atoms with Crippen molar-refractivity contribution in [1.29, 1.82) is 0 Å². The zero-order valence-corrected chi connectivity index (χ0v) is 13.6. The Balaban J connectivity index is 2.01. The number of hydrogen-bond donors (Lipinski definition) is 2. The Morgan fingerprint density at radius 3 is 2.41 bits per heavy atom. The third-order valence-electron chi connectivity index (χ3n) is 4.30. The molecule has 122 valence electrons. The third kappa shape index (κ3) is 5.34. The first-order chi connectivity index (χ1) is 10.7. The molecule has 4 nitrogen and oxygen atoms in total. The zero-order valence-electron chi connectivity index (χ0n) is 13.6. The van der Waals surface area contributed by atoms with Gasteiger partial charge in [-0.25, -0.2) is 0 Å². The first-order valence-electron chi connectivity index (χ1n) is 8.44. The van der Waals surface area contributed by atoms with Crippen LogP contribution in [0.15, 0.2) is 35.3 Å². The summed E-state index contributed by atoms with van der Waals surface area (Å²) in [6.45, 7) is 4.50. The SMILES string of the molecule is CC(O)CC(CN=C(N)N1CCCCCC1)c1ccccc1. The lowest BCUT2D eigenvalue weighted by molar-refractivity contribution is 0.175. The van der Waals surface area contributed by atoms with E-state index in [9.17, 15) is 5.11 Å². The second-order valence-corrected chi connectivity index (χ2v) is 6.29. The second-order valence-electron chi connectivity index (χ2n) is 6.29. The van der Waals surface area contributed by atoms with Crippen LogP contribution in [0.1, 0.15) is 50.5 Å². The van der Waals surface area contributed by atoms with Crippen molar-refractivity contribution < 1.29 is 5.11 Å². The minimum atomic E-state index is -0.334. The number of rotatable bonds is 5. The van der Waals surface area contributed by atoms with Crippen LogP contribution in [0.4, 0.5) is 0 Å². The molecule has 2 rings (SSSR count). The van der Waals surface area contributed by atoms with E-state index in [1.807, 2.05) is 25.1 Å². The van der Waals surface area contributed by atoms with Gasteiger partial charge >= 0.3 is 0 Å². The molecule has 1 aromatic rings. The molecule has 0 amide bonds. The molecule has 3 N–H and O–H groups in total. The molecule has 1 aliphatic rings. The molecule has 1 saturated heterocycles. The summed E-state index contributed by atoms with van der Waals surface area (Å²) in [5.41, 5.74) is 7.41. The van der Waals surface area contributed by atoms with Gasteiger partial charge in [0.15, 0.2) is 5.96 Å². The average molecular weight is 303 g/mol. The van der Waals surface area contributed by atoms with E-state index in [-0.39, 0.29) is 12.0 Å². The Kier molecular flexibility index (Phi) is 6.72. The first-order valence-corrected chi connectivity index (χ1v) is 8.44. The molecule has 0 saturated carbocycles. The molecule has 1 aromatic carbocycles. The van der Waals surface area contributed by atoms with E-state index < -0.39 is 0 Å². The Morgan fingerprint density at radius 2 is 1.82 bits per heavy atom. The number of nitrogens with two attached hydrogens (primary N) is 1. The van der Waals surface area contributed by atoms with Crippen LogP contribution >= 0.6 is 0 Å². The molecule has 0 aromatic heterocycles. The summed E-state index contributed by atoms with van der Waals surface area (Å²) in [5.74, 6) is 0.875. The molecule has 4 heteroatoms. The smallest absolute Gasteiger partial charge is 0.191 e. The summed E-state index contributed by atoms with van der Waals surface area (Å²) >= 11 is 0. The van der Waals surface area contributed by atoms with E-state index in [1.165, 1.54) is 31.2 Å². The number of benzene rings is 1. The summed E-state index contributed by atoms with van der Waals surface area (Å²) in [6, 6.07) is 10.3. The fraction of sp³-hybridized carbons (Fsp3) is 0.611. The van der Waals surface area contributed by atoms with E-state index in [2.05, 4.69) is 22.0 Å². The van der Waals surface area contributed by atoms with Crippen molar-refractivity contribution in [3.05, 3.63) is 35.9 Å². The van der Waals surface area contributed by atoms with Gasteiger partial charge in [-0.2, -0.15) is 0 Å². The fourth-order valence-electron chi connectivity index (χ4n) is 3.06. The Bertz CT molecular complexity index is 451. The van der Waals surface area contributed by atoms with Crippen LogP contribution in [-0.2, 0) is 0 Å². The van der Waals surface area contributed by atoms with E-state index in [4.69, 9.17) is 5.73 Å². The normalized spacial score (nSPS) is 19.5. The van der Waals surface area contributed by atoms with Crippen LogP contribution in [0.2, 0.25) is 0 Å². The molecule has 0 aliphatic carbocycles. The van der Waals surface area contributed by atoms with Crippen molar-refractivity contribution in [3.63, 3.8) is 0 Å². The molecule has 1 fully saturated rings. The highest BCUT2D eigenvalue weighted by Gasteiger charge is 2.15. The molecule has 22 heavy (non-hydrogen) atoms. The largest absolute Gasteiger partial charge is 0.393 e. The Hall–Kier alpha value is -1.55. The Labute approximate surface area is 134 Å². The zero-order chi connectivity index (χ0) is 15.8. The van der Waals surface area contributed by atoms with E-state index in [1.54, 1.807) is 0 Å². The van der Waals surface area contributed by atoms with Crippen molar-refractivity contribution >= 4 is 5.96 Å². The number of aliphatic imine (C=N–C) groups is 1. The number of guanidine groups is 1. The maximum Gasteiger partial charge on any atom is 0.191 e. The van der Waals surface area contributed by atoms with Crippen LogP contribution < -0.4 is 5.73 Å². The minimum Gasteiger partial charge on any atom is -0.393 e. The highest BCUT2D eigenvalue weighted by atomic mass is 16.3. The van der Waals surface area contributed by atoms with Crippen molar-refractivity contribution in [3.8, 4) is 0 Å². The van der Waals surface area contributed by atoms with Gasteiger partial charge in [0.2, 0.25) is 0 Å². The molecular formula is C18H29N3O. The van der Waals surface area contributed by atoms with Gasteiger partial charge in [0.05, 0.1) is 6.10 Å².